The molecule has 0 saturated heterocycles. The van der Waals surface area contributed by atoms with Gasteiger partial charge in [-0.3, -0.25) is 0 Å². The van der Waals surface area contributed by atoms with E-state index in [1.807, 2.05) is 0 Å². The second kappa shape index (κ2) is 7.84. The van der Waals surface area contributed by atoms with E-state index in [0.717, 1.165) is 35.5 Å². The van der Waals surface area contributed by atoms with Crippen LogP contribution in [0, 0.1) is 35.5 Å². The van der Waals surface area contributed by atoms with Crippen LogP contribution in [0.2, 0.25) is 0 Å². The first kappa shape index (κ1) is 19.5. The highest BCUT2D eigenvalue weighted by atomic mass is 14.4. The first-order valence-corrected chi connectivity index (χ1v) is 9.53. The van der Waals surface area contributed by atoms with Crippen molar-refractivity contribution in [3.8, 4) is 0 Å². The molecule has 0 amide bonds. The Bertz CT molecular complexity index is 397. The lowest BCUT2D eigenvalue weighted by atomic mass is 9.76. The molecule has 0 heteroatoms. The largest absolute Gasteiger partial charge is 0.0710 e. The maximum atomic E-state index is 2.46. The van der Waals surface area contributed by atoms with Gasteiger partial charge in [0, 0.05) is 0 Å². The van der Waals surface area contributed by atoms with E-state index < -0.39 is 0 Å². The highest BCUT2D eigenvalue weighted by molar-refractivity contribution is 5.28. The molecule has 0 nitrogen and oxygen atoms in total. The summed E-state index contributed by atoms with van der Waals surface area (Å²) in [6.45, 7) is 23.5. The molecule has 0 aromatic carbocycles. The van der Waals surface area contributed by atoms with E-state index in [-0.39, 0.29) is 0 Å². The summed E-state index contributed by atoms with van der Waals surface area (Å²) in [7, 11) is 0. The van der Waals surface area contributed by atoms with Crippen molar-refractivity contribution in [3.63, 3.8) is 0 Å². The second-order valence-corrected chi connectivity index (χ2v) is 8.18. The Balaban J connectivity index is 0.000000745. The van der Waals surface area contributed by atoms with Gasteiger partial charge in [-0.1, -0.05) is 70.3 Å². The van der Waals surface area contributed by atoms with E-state index in [0.29, 0.717) is 0 Å². The summed E-state index contributed by atoms with van der Waals surface area (Å²) in [5, 5.41) is 0. The molecule has 0 saturated carbocycles. The molecule has 0 aromatic heterocycles. The summed E-state index contributed by atoms with van der Waals surface area (Å²) in [5.74, 6) is 4.85. The van der Waals surface area contributed by atoms with Crippen molar-refractivity contribution in [3.05, 3.63) is 22.3 Å². The van der Waals surface area contributed by atoms with Crippen LogP contribution in [0.25, 0.3) is 0 Å². The normalized spacial score (nSPS) is 38.5. The number of hydrogen-bond acceptors (Lipinski definition) is 0. The van der Waals surface area contributed by atoms with Crippen molar-refractivity contribution in [1.29, 1.82) is 0 Å². The van der Waals surface area contributed by atoms with Gasteiger partial charge < -0.3 is 0 Å². The Kier molecular flexibility index (Phi) is 6.96. The molecule has 22 heavy (non-hydrogen) atoms. The smallest absolute Gasteiger partial charge is 0.0166 e. The maximum absolute atomic E-state index is 2.46. The maximum Gasteiger partial charge on any atom is -0.0166 e. The highest BCUT2D eigenvalue weighted by Crippen LogP contribution is 2.50. The molecule has 6 atom stereocenters. The van der Waals surface area contributed by atoms with Gasteiger partial charge in [0.15, 0.2) is 0 Å². The lowest BCUT2D eigenvalue weighted by Crippen LogP contribution is -2.20. The molecular weight excluding hydrogens is 264 g/mol. The molecule has 0 N–H and O–H groups in total. The van der Waals surface area contributed by atoms with E-state index in [1.165, 1.54) is 12.8 Å². The van der Waals surface area contributed by atoms with Crippen molar-refractivity contribution in [1.82, 2.24) is 0 Å². The van der Waals surface area contributed by atoms with Crippen LogP contribution < -0.4 is 0 Å². The van der Waals surface area contributed by atoms with Crippen molar-refractivity contribution in [2.45, 2.75) is 82.1 Å². The zero-order valence-corrected chi connectivity index (χ0v) is 16.9. The van der Waals surface area contributed by atoms with Gasteiger partial charge in [-0.05, 0) is 69.6 Å². The summed E-state index contributed by atoms with van der Waals surface area (Å²) in [5.41, 5.74) is 6.71. The summed E-state index contributed by atoms with van der Waals surface area (Å²) in [4.78, 5) is 0. The average Bonchev–Trinajstić information content (AvgIpc) is 2.77. The first-order valence-electron chi connectivity index (χ1n) is 9.53. The molecule has 2 aliphatic carbocycles. The zero-order valence-electron chi connectivity index (χ0n) is 16.9. The van der Waals surface area contributed by atoms with Gasteiger partial charge in [0.05, 0.1) is 0 Å². The molecule has 0 aromatic rings. The molecule has 0 spiro atoms. The molecule has 0 fully saturated rings. The predicted octanol–water partition coefficient (Wildman–Crippen LogP) is 7.27. The van der Waals surface area contributed by atoms with Gasteiger partial charge in [0.2, 0.25) is 0 Å². The minimum atomic E-state index is 0.782. The van der Waals surface area contributed by atoms with Gasteiger partial charge >= 0.3 is 0 Å². The zero-order chi connectivity index (χ0) is 17.2. The van der Waals surface area contributed by atoms with Crippen LogP contribution in [0.1, 0.15) is 82.1 Å². The van der Waals surface area contributed by atoms with E-state index in [4.69, 9.17) is 0 Å². The average molecular weight is 305 g/mol. The fraction of sp³-hybridized carbons (Fsp3) is 0.818. The Hall–Kier alpha value is -0.520. The monoisotopic (exact) mass is 304 g/mol. The summed E-state index contributed by atoms with van der Waals surface area (Å²) < 4.78 is 0. The Morgan fingerprint density at radius 2 is 0.864 bits per heavy atom. The topological polar surface area (TPSA) is 0 Å². The van der Waals surface area contributed by atoms with E-state index in [1.54, 1.807) is 22.3 Å². The van der Waals surface area contributed by atoms with Crippen LogP contribution >= 0.6 is 0 Å². The third kappa shape index (κ3) is 3.52. The van der Waals surface area contributed by atoms with Crippen LogP contribution in [0.3, 0.4) is 0 Å². The summed E-state index contributed by atoms with van der Waals surface area (Å²) in [6.07, 6.45) is 2.63. The van der Waals surface area contributed by atoms with Gasteiger partial charge in [-0.2, -0.15) is 0 Å². The number of hydrogen-bond donors (Lipinski definition) is 0. The molecule has 0 radical (unpaired) electrons. The van der Waals surface area contributed by atoms with E-state index in [2.05, 4.69) is 69.2 Å². The van der Waals surface area contributed by atoms with Crippen molar-refractivity contribution in [2.24, 2.45) is 35.5 Å². The lowest BCUT2D eigenvalue weighted by molar-refractivity contribution is 0.267. The third-order valence-electron chi connectivity index (χ3n) is 7.08. The van der Waals surface area contributed by atoms with Crippen molar-refractivity contribution < 1.29 is 0 Å². The SMILES string of the molecule is CC1=C(C)[C@@H](C[C@@H]2C(C)=C(C)C(C)C2C)C(C)C1C.CCC. The molecule has 0 bridgehead atoms. The quantitative estimate of drug-likeness (QED) is 0.470. The molecule has 2 aliphatic rings. The summed E-state index contributed by atoms with van der Waals surface area (Å²) in [6, 6.07) is 0. The minimum absolute atomic E-state index is 0.782. The molecule has 0 aliphatic heterocycles. The van der Waals surface area contributed by atoms with Crippen LogP contribution in [0.15, 0.2) is 22.3 Å². The second-order valence-electron chi connectivity index (χ2n) is 8.18. The first-order chi connectivity index (χ1) is 10.2. The van der Waals surface area contributed by atoms with Gasteiger partial charge in [-0.25, -0.2) is 0 Å². The van der Waals surface area contributed by atoms with E-state index in [9.17, 15) is 0 Å². The standard InChI is InChI=1S/C19H32.C3H8/c1-10-11(2)15(6)18(14(10)5)9-19-16(7)12(3)13(4)17(19)8;1-3-2/h10,12,14,16,18-19H,9H2,1-8H3;3H2,1-2H3/t10?,12?,14?,16?,18-,19-;/m0./s1. The molecule has 2 rings (SSSR count). The Morgan fingerprint density at radius 3 is 1.05 bits per heavy atom. The van der Waals surface area contributed by atoms with Crippen LogP contribution in [0.4, 0.5) is 0 Å². The van der Waals surface area contributed by atoms with Crippen LogP contribution in [-0.4, -0.2) is 0 Å². The Morgan fingerprint density at radius 1 is 0.591 bits per heavy atom. The minimum Gasteiger partial charge on any atom is -0.0710 e. The Labute approximate surface area is 140 Å². The third-order valence-corrected chi connectivity index (χ3v) is 7.08. The molecular formula is C22H40. The molecule has 0 heterocycles. The van der Waals surface area contributed by atoms with Gasteiger partial charge in [-0.15, -0.1) is 0 Å². The van der Waals surface area contributed by atoms with Crippen molar-refractivity contribution in [2.75, 3.05) is 0 Å². The highest BCUT2D eigenvalue weighted by Gasteiger charge is 2.39. The molecule has 128 valence electrons. The fourth-order valence-corrected chi connectivity index (χ4v) is 4.63. The van der Waals surface area contributed by atoms with Gasteiger partial charge in [0.25, 0.3) is 0 Å². The summed E-state index contributed by atoms with van der Waals surface area (Å²) >= 11 is 0. The van der Waals surface area contributed by atoms with Crippen molar-refractivity contribution >= 4 is 0 Å². The van der Waals surface area contributed by atoms with E-state index >= 15 is 0 Å². The van der Waals surface area contributed by atoms with Crippen LogP contribution in [-0.2, 0) is 0 Å². The fourth-order valence-electron chi connectivity index (χ4n) is 4.63. The lowest BCUT2D eigenvalue weighted by Gasteiger charge is -2.28. The number of allylic oxidation sites excluding steroid dienone is 4. The number of rotatable bonds is 2. The van der Waals surface area contributed by atoms with Crippen LogP contribution in [0.5, 0.6) is 0 Å². The van der Waals surface area contributed by atoms with Gasteiger partial charge in [0.1, 0.15) is 0 Å². The predicted molar refractivity (Wildman–Crippen MR) is 101 cm³/mol. The molecule has 4 unspecified atom stereocenters.